The van der Waals surface area contributed by atoms with Crippen LogP contribution in [0.25, 0.3) is 0 Å². The monoisotopic (exact) mass is 226 g/mol. The average Bonchev–Trinajstić information content (AvgIpc) is 2.35. The largest absolute Gasteiger partial charge is 0.478 e. The van der Waals surface area contributed by atoms with Crippen LogP contribution in [0.5, 0.6) is 0 Å². The van der Waals surface area contributed by atoms with Crippen LogP contribution in [0, 0.1) is 0 Å². The molecular formula is C11H18N2O3. The van der Waals surface area contributed by atoms with Gasteiger partial charge < -0.3 is 14.9 Å². The Bertz CT molecular complexity index is 302. The number of nitrogens with zero attached hydrogens (tertiary/aromatic N) is 2. The standard InChI is InChI=1S/C11H18N2O3/c1-9-8-12(2)6-3-7-13(9)10(14)4-5-11(15)16/h4-5,9H,3,6-8H2,1-2H3,(H,15,16)/b5-4+. The molecule has 1 amide bonds. The van der Waals surface area contributed by atoms with E-state index in [0.717, 1.165) is 31.7 Å². The summed E-state index contributed by atoms with van der Waals surface area (Å²) in [6.07, 6.45) is 2.95. The highest BCUT2D eigenvalue weighted by atomic mass is 16.4. The van der Waals surface area contributed by atoms with Gasteiger partial charge in [0.1, 0.15) is 0 Å². The molecule has 0 bridgehead atoms. The van der Waals surface area contributed by atoms with Gasteiger partial charge in [0.2, 0.25) is 5.91 Å². The maximum Gasteiger partial charge on any atom is 0.328 e. The summed E-state index contributed by atoms with van der Waals surface area (Å²) in [6, 6.07) is 0.124. The van der Waals surface area contributed by atoms with Crippen molar-refractivity contribution in [2.24, 2.45) is 0 Å². The number of aliphatic carboxylic acids is 1. The van der Waals surface area contributed by atoms with Crippen molar-refractivity contribution in [1.82, 2.24) is 9.80 Å². The SMILES string of the molecule is CC1CN(C)CCCN1C(=O)/C=C/C(=O)O. The summed E-state index contributed by atoms with van der Waals surface area (Å²) in [5, 5.41) is 8.46. The van der Waals surface area contributed by atoms with Gasteiger partial charge in [-0.1, -0.05) is 0 Å². The van der Waals surface area contributed by atoms with Crippen molar-refractivity contribution in [1.29, 1.82) is 0 Å². The topological polar surface area (TPSA) is 60.9 Å². The summed E-state index contributed by atoms with van der Waals surface area (Å²) in [6.45, 7) is 4.46. The lowest BCUT2D eigenvalue weighted by atomic mass is 10.2. The molecule has 0 radical (unpaired) electrons. The van der Waals surface area contributed by atoms with Gasteiger partial charge in [-0.3, -0.25) is 4.79 Å². The van der Waals surface area contributed by atoms with Gasteiger partial charge in [0.15, 0.2) is 0 Å². The molecule has 1 fully saturated rings. The Morgan fingerprint density at radius 3 is 2.62 bits per heavy atom. The summed E-state index contributed by atoms with van der Waals surface area (Å²) in [7, 11) is 2.03. The first-order chi connectivity index (χ1) is 7.50. The van der Waals surface area contributed by atoms with E-state index in [4.69, 9.17) is 5.11 Å². The summed E-state index contributed by atoms with van der Waals surface area (Å²) >= 11 is 0. The smallest absolute Gasteiger partial charge is 0.328 e. The number of hydrogen-bond donors (Lipinski definition) is 1. The number of carbonyl (C=O) groups is 2. The summed E-state index contributed by atoms with van der Waals surface area (Å²) < 4.78 is 0. The van der Waals surface area contributed by atoms with Crippen molar-refractivity contribution in [3.63, 3.8) is 0 Å². The Kier molecular flexibility index (Phi) is 4.49. The molecule has 1 aliphatic heterocycles. The highest BCUT2D eigenvalue weighted by molar-refractivity contribution is 5.94. The summed E-state index contributed by atoms with van der Waals surface area (Å²) in [5.74, 6) is -1.31. The van der Waals surface area contributed by atoms with Gasteiger partial charge in [-0.15, -0.1) is 0 Å². The predicted octanol–water partition coefficient (Wildman–Crippen LogP) is 0.180. The Morgan fingerprint density at radius 1 is 1.31 bits per heavy atom. The molecule has 1 unspecified atom stereocenters. The van der Waals surface area contributed by atoms with Gasteiger partial charge in [0.05, 0.1) is 0 Å². The Hall–Kier alpha value is -1.36. The molecule has 90 valence electrons. The molecule has 5 nitrogen and oxygen atoms in total. The predicted molar refractivity (Wildman–Crippen MR) is 60.1 cm³/mol. The molecule has 0 aromatic heterocycles. The number of carbonyl (C=O) groups excluding carboxylic acids is 1. The molecule has 1 heterocycles. The van der Waals surface area contributed by atoms with Crippen LogP contribution in [-0.4, -0.2) is 59.5 Å². The van der Waals surface area contributed by atoms with Crippen molar-refractivity contribution in [3.8, 4) is 0 Å². The lowest BCUT2D eigenvalue weighted by Gasteiger charge is -2.26. The lowest BCUT2D eigenvalue weighted by Crippen LogP contribution is -2.41. The molecular weight excluding hydrogens is 208 g/mol. The zero-order valence-electron chi connectivity index (χ0n) is 9.72. The van der Waals surface area contributed by atoms with Crippen molar-refractivity contribution in [2.45, 2.75) is 19.4 Å². The fraction of sp³-hybridized carbons (Fsp3) is 0.636. The first kappa shape index (κ1) is 12.7. The van der Waals surface area contributed by atoms with Crippen molar-refractivity contribution >= 4 is 11.9 Å². The average molecular weight is 226 g/mol. The number of hydrogen-bond acceptors (Lipinski definition) is 3. The van der Waals surface area contributed by atoms with E-state index < -0.39 is 5.97 Å². The highest BCUT2D eigenvalue weighted by Gasteiger charge is 2.22. The van der Waals surface area contributed by atoms with E-state index in [0.29, 0.717) is 6.54 Å². The Balaban J connectivity index is 2.63. The highest BCUT2D eigenvalue weighted by Crippen LogP contribution is 2.09. The lowest BCUT2D eigenvalue weighted by molar-refractivity contribution is -0.132. The van der Waals surface area contributed by atoms with Crippen LogP contribution in [0.2, 0.25) is 0 Å². The molecule has 0 spiro atoms. The summed E-state index contributed by atoms with van der Waals surface area (Å²) in [5.41, 5.74) is 0. The van der Waals surface area contributed by atoms with E-state index in [-0.39, 0.29) is 11.9 Å². The van der Waals surface area contributed by atoms with E-state index in [2.05, 4.69) is 4.90 Å². The van der Waals surface area contributed by atoms with Crippen molar-refractivity contribution < 1.29 is 14.7 Å². The first-order valence-corrected chi connectivity index (χ1v) is 5.41. The molecule has 0 aliphatic carbocycles. The molecule has 5 heteroatoms. The molecule has 16 heavy (non-hydrogen) atoms. The Morgan fingerprint density at radius 2 is 2.00 bits per heavy atom. The molecule has 0 saturated carbocycles. The van der Waals surface area contributed by atoms with Crippen LogP contribution in [0.3, 0.4) is 0 Å². The minimum Gasteiger partial charge on any atom is -0.478 e. The zero-order chi connectivity index (χ0) is 12.1. The molecule has 0 aromatic rings. The minimum atomic E-state index is -1.09. The number of amides is 1. The quantitative estimate of drug-likeness (QED) is 0.682. The maximum atomic E-state index is 11.7. The Labute approximate surface area is 95.3 Å². The molecule has 0 aromatic carbocycles. The van der Waals surface area contributed by atoms with Gasteiger partial charge in [0, 0.05) is 31.3 Å². The number of rotatable bonds is 2. The number of carboxylic acid groups (broad SMARTS) is 1. The van der Waals surface area contributed by atoms with E-state index in [1.165, 1.54) is 0 Å². The van der Waals surface area contributed by atoms with Gasteiger partial charge in [-0.05, 0) is 26.9 Å². The third-order valence-electron chi connectivity index (χ3n) is 2.70. The third-order valence-corrected chi connectivity index (χ3v) is 2.70. The van der Waals surface area contributed by atoms with Crippen LogP contribution in [0.15, 0.2) is 12.2 Å². The molecule has 1 rings (SSSR count). The van der Waals surface area contributed by atoms with E-state index in [1.807, 2.05) is 14.0 Å². The van der Waals surface area contributed by atoms with Gasteiger partial charge in [-0.2, -0.15) is 0 Å². The minimum absolute atomic E-state index is 0.124. The van der Waals surface area contributed by atoms with Gasteiger partial charge in [0.25, 0.3) is 0 Å². The van der Waals surface area contributed by atoms with Crippen LogP contribution < -0.4 is 0 Å². The van der Waals surface area contributed by atoms with E-state index in [1.54, 1.807) is 4.90 Å². The normalized spacial score (nSPS) is 23.4. The zero-order valence-corrected chi connectivity index (χ0v) is 9.72. The van der Waals surface area contributed by atoms with Gasteiger partial charge >= 0.3 is 5.97 Å². The maximum absolute atomic E-state index is 11.7. The second-order valence-electron chi connectivity index (χ2n) is 4.17. The first-order valence-electron chi connectivity index (χ1n) is 5.41. The van der Waals surface area contributed by atoms with Gasteiger partial charge in [-0.25, -0.2) is 4.79 Å². The van der Waals surface area contributed by atoms with Crippen molar-refractivity contribution in [3.05, 3.63) is 12.2 Å². The fourth-order valence-corrected chi connectivity index (χ4v) is 1.94. The second-order valence-corrected chi connectivity index (χ2v) is 4.17. The number of carboxylic acids is 1. The summed E-state index contributed by atoms with van der Waals surface area (Å²) in [4.78, 5) is 26.0. The number of likely N-dealkylation sites (N-methyl/N-ethyl adjacent to an activating group) is 1. The fourth-order valence-electron chi connectivity index (χ4n) is 1.94. The molecule has 1 aliphatic rings. The van der Waals surface area contributed by atoms with Crippen LogP contribution in [0.1, 0.15) is 13.3 Å². The third kappa shape index (κ3) is 3.66. The van der Waals surface area contributed by atoms with Crippen LogP contribution >= 0.6 is 0 Å². The van der Waals surface area contributed by atoms with E-state index >= 15 is 0 Å². The molecule has 1 atom stereocenters. The van der Waals surface area contributed by atoms with Crippen molar-refractivity contribution in [2.75, 3.05) is 26.7 Å². The van der Waals surface area contributed by atoms with E-state index in [9.17, 15) is 9.59 Å². The molecule has 1 N–H and O–H groups in total. The second kappa shape index (κ2) is 5.65. The molecule has 1 saturated heterocycles. The van der Waals surface area contributed by atoms with Crippen LogP contribution in [0.4, 0.5) is 0 Å². The van der Waals surface area contributed by atoms with Crippen LogP contribution in [-0.2, 0) is 9.59 Å².